The summed E-state index contributed by atoms with van der Waals surface area (Å²) in [7, 11) is 1.99. The fraction of sp³-hybridized carbons (Fsp3) is 0.150. The first-order valence-corrected chi connectivity index (χ1v) is 7.75. The molecule has 3 heteroatoms. The molecule has 1 aliphatic heterocycles. The molecule has 0 unspecified atom stereocenters. The highest BCUT2D eigenvalue weighted by atomic mass is 16.5. The van der Waals surface area contributed by atoms with E-state index in [4.69, 9.17) is 4.74 Å². The predicted molar refractivity (Wildman–Crippen MR) is 98.2 cm³/mol. The first-order chi connectivity index (χ1) is 10.9. The van der Waals surface area contributed by atoms with Crippen LogP contribution >= 0.6 is 0 Å². The molecule has 23 heavy (non-hydrogen) atoms. The lowest BCUT2D eigenvalue weighted by Gasteiger charge is -2.29. The second-order valence-electron chi connectivity index (χ2n) is 6.38. The number of hydrogen-bond acceptors (Lipinski definition) is 2. The third-order valence-corrected chi connectivity index (χ3v) is 3.78. The minimum atomic E-state index is -0.402. The molecule has 2 aromatic rings. The van der Waals surface area contributed by atoms with E-state index in [1.54, 1.807) is 6.08 Å². The minimum absolute atomic E-state index is 0.0418. The maximum absolute atomic E-state index is 12.7. The summed E-state index contributed by atoms with van der Waals surface area (Å²) in [5.41, 5.74) is 3.22. The van der Waals surface area contributed by atoms with Crippen molar-refractivity contribution in [3.05, 3.63) is 71.3 Å². The van der Waals surface area contributed by atoms with E-state index < -0.39 is 5.60 Å². The largest absolute Gasteiger partial charge is 0.482 e. The van der Waals surface area contributed by atoms with Gasteiger partial charge < -0.3 is 4.74 Å². The van der Waals surface area contributed by atoms with Gasteiger partial charge in [-0.15, -0.1) is 0 Å². The first-order valence-electron chi connectivity index (χ1n) is 7.75. The maximum Gasteiger partial charge on any atom is 0.189 e. The normalized spacial score (nSPS) is 15.2. The lowest BCUT2D eigenvalue weighted by molar-refractivity contribution is 0.103. The zero-order chi connectivity index (χ0) is 16.4. The zero-order valence-corrected chi connectivity index (χ0v) is 13.7. The molecule has 0 radical (unpaired) electrons. The smallest absolute Gasteiger partial charge is 0.189 e. The van der Waals surface area contributed by atoms with Gasteiger partial charge in [-0.3, -0.25) is 4.79 Å². The molecule has 0 atom stereocenters. The Morgan fingerprint density at radius 2 is 1.91 bits per heavy atom. The van der Waals surface area contributed by atoms with E-state index in [0.29, 0.717) is 11.3 Å². The van der Waals surface area contributed by atoms with Gasteiger partial charge in [0.1, 0.15) is 19.2 Å². The monoisotopic (exact) mass is 302 g/mol. The summed E-state index contributed by atoms with van der Waals surface area (Å²) in [5.74, 6) is 0.630. The topological polar surface area (TPSA) is 26.3 Å². The van der Waals surface area contributed by atoms with Crippen LogP contribution in [0, 0.1) is 0 Å². The number of rotatable bonds is 3. The molecule has 0 fully saturated rings. The van der Waals surface area contributed by atoms with Crippen molar-refractivity contribution in [3.8, 4) is 5.75 Å². The fourth-order valence-electron chi connectivity index (χ4n) is 2.64. The molecule has 0 aliphatic carbocycles. The lowest BCUT2D eigenvalue weighted by Crippen LogP contribution is -2.29. The molecule has 114 valence electrons. The standard InChI is InChI=1S/C20H19BO2/c1-20(2)11-10-15-12-16(21)13-17(19(15)23-20)18(22)9-8-14-6-4-3-5-7-14/h3-13H,21H2,1-2H3/b9-8+. The van der Waals surface area contributed by atoms with Crippen LogP contribution in [-0.4, -0.2) is 19.2 Å². The van der Waals surface area contributed by atoms with Crippen LogP contribution in [-0.2, 0) is 0 Å². The lowest BCUT2D eigenvalue weighted by atomic mass is 9.88. The minimum Gasteiger partial charge on any atom is -0.482 e. The molecular formula is C20H19BO2. The van der Waals surface area contributed by atoms with Crippen molar-refractivity contribution in [3.63, 3.8) is 0 Å². The maximum atomic E-state index is 12.7. The van der Waals surface area contributed by atoms with Crippen molar-refractivity contribution in [2.45, 2.75) is 19.4 Å². The van der Waals surface area contributed by atoms with Crippen molar-refractivity contribution in [2.24, 2.45) is 0 Å². The van der Waals surface area contributed by atoms with Gasteiger partial charge >= 0.3 is 0 Å². The van der Waals surface area contributed by atoms with Crippen molar-refractivity contribution in [2.75, 3.05) is 0 Å². The van der Waals surface area contributed by atoms with E-state index >= 15 is 0 Å². The summed E-state index contributed by atoms with van der Waals surface area (Å²) >= 11 is 0. The van der Waals surface area contributed by atoms with Crippen LogP contribution in [0.15, 0.2) is 54.6 Å². The van der Waals surface area contributed by atoms with E-state index in [1.165, 1.54) is 0 Å². The molecule has 0 bridgehead atoms. The Hall–Kier alpha value is -2.55. The van der Waals surface area contributed by atoms with Crippen LogP contribution in [0.4, 0.5) is 0 Å². The number of ether oxygens (including phenoxy) is 1. The van der Waals surface area contributed by atoms with Gasteiger partial charge in [0.2, 0.25) is 0 Å². The number of allylic oxidation sites excluding steroid dienone is 1. The van der Waals surface area contributed by atoms with E-state index in [0.717, 1.165) is 16.6 Å². The second-order valence-corrected chi connectivity index (χ2v) is 6.38. The van der Waals surface area contributed by atoms with Crippen molar-refractivity contribution >= 4 is 31.2 Å². The summed E-state index contributed by atoms with van der Waals surface area (Å²) in [4.78, 5) is 12.7. The number of carbonyl (C=O) groups is 1. The highest BCUT2D eigenvalue weighted by Crippen LogP contribution is 2.33. The number of fused-ring (bicyclic) bond motifs is 1. The Kier molecular flexibility index (Phi) is 3.95. The molecule has 1 heterocycles. The third-order valence-electron chi connectivity index (χ3n) is 3.78. The summed E-state index contributed by atoms with van der Waals surface area (Å²) < 4.78 is 6.04. The molecule has 1 aliphatic rings. The Morgan fingerprint density at radius 1 is 1.17 bits per heavy atom. The van der Waals surface area contributed by atoms with Crippen LogP contribution in [0.1, 0.15) is 35.3 Å². The molecule has 2 aromatic carbocycles. The Balaban J connectivity index is 1.97. The highest BCUT2D eigenvalue weighted by molar-refractivity contribution is 6.33. The van der Waals surface area contributed by atoms with Crippen LogP contribution in [0.2, 0.25) is 0 Å². The number of benzene rings is 2. The van der Waals surface area contributed by atoms with Gasteiger partial charge in [0, 0.05) is 5.56 Å². The molecule has 3 rings (SSSR count). The Morgan fingerprint density at radius 3 is 2.65 bits per heavy atom. The molecule has 0 N–H and O–H groups in total. The van der Waals surface area contributed by atoms with E-state index in [2.05, 4.69) is 0 Å². The summed E-state index contributed by atoms with van der Waals surface area (Å²) in [6.45, 7) is 3.97. The van der Waals surface area contributed by atoms with Gasteiger partial charge in [-0.2, -0.15) is 0 Å². The number of carbonyl (C=O) groups excluding carboxylic acids is 1. The summed E-state index contributed by atoms with van der Waals surface area (Å²) in [5, 5.41) is 0. The van der Waals surface area contributed by atoms with E-state index in [9.17, 15) is 4.79 Å². The highest BCUT2D eigenvalue weighted by Gasteiger charge is 2.25. The predicted octanol–water partition coefficient (Wildman–Crippen LogP) is 3.03. The van der Waals surface area contributed by atoms with Gasteiger partial charge in [0.25, 0.3) is 0 Å². The molecule has 0 spiro atoms. The molecule has 0 saturated heterocycles. The quantitative estimate of drug-likeness (QED) is 0.495. The average molecular weight is 302 g/mol. The van der Waals surface area contributed by atoms with Gasteiger partial charge in [-0.1, -0.05) is 60.1 Å². The molecule has 0 amide bonds. The summed E-state index contributed by atoms with van der Waals surface area (Å²) in [6, 6.07) is 13.7. The molecule has 2 nitrogen and oxygen atoms in total. The van der Waals surface area contributed by atoms with Crippen LogP contribution in [0.5, 0.6) is 5.75 Å². The number of hydrogen-bond donors (Lipinski definition) is 0. The molecule has 0 saturated carbocycles. The first kappa shape index (κ1) is 15.4. The van der Waals surface area contributed by atoms with E-state index in [-0.39, 0.29) is 5.78 Å². The van der Waals surface area contributed by atoms with E-state index in [1.807, 2.05) is 82.4 Å². The fourth-order valence-corrected chi connectivity index (χ4v) is 2.64. The molecular weight excluding hydrogens is 283 g/mol. The van der Waals surface area contributed by atoms with Crippen LogP contribution in [0.25, 0.3) is 12.2 Å². The van der Waals surface area contributed by atoms with Crippen molar-refractivity contribution in [1.29, 1.82) is 0 Å². The van der Waals surface area contributed by atoms with Crippen LogP contribution < -0.4 is 10.2 Å². The van der Waals surface area contributed by atoms with Crippen molar-refractivity contribution in [1.82, 2.24) is 0 Å². The zero-order valence-electron chi connectivity index (χ0n) is 13.7. The van der Waals surface area contributed by atoms with Gasteiger partial charge in [0.05, 0.1) is 5.56 Å². The van der Waals surface area contributed by atoms with Gasteiger partial charge in [0.15, 0.2) is 5.78 Å². The summed E-state index contributed by atoms with van der Waals surface area (Å²) in [6.07, 6.45) is 7.49. The Labute approximate surface area is 137 Å². The Bertz CT molecular complexity index is 802. The molecule has 0 aromatic heterocycles. The third kappa shape index (κ3) is 3.45. The van der Waals surface area contributed by atoms with Crippen LogP contribution in [0.3, 0.4) is 0 Å². The van der Waals surface area contributed by atoms with Gasteiger partial charge in [-0.05, 0) is 31.6 Å². The van der Waals surface area contributed by atoms with Crippen molar-refractivity contribution < 1.29 is 9.53 Å². The second kappa shape index (κ2) is 5.92. The number of ketones is 1. The SMILES string of the molecule is Bc1cc2c(c(C(=O)/C=C/c3ccccc3)c1)OC(C)(C)C=C2. The van der Waals surface area contributed by atoms with Gasteiger partial charge in [-0.25, -0.2) is 0 Å². The average Bonchev–Trinajstić information content (AvgIpc) is 2.53.